The van der Waals surface area contributed by atoms with Crippen molar-refractivity contribution >= 4 is 16.7 Å². The molecule has 0 unspecified atom stereocenters. The molecule has 0 aliphatic rings. The van der Waals surface area contributed by atoms with Gasteiger partial charge in [0.15, 0.2) is 0 Å². The number of hydrogen-bond donors (Lipinski definition) is 0. The summed E-state index contributed by atoms with van der Waals surface area (Å²) in [4.78, 5) is 11.6. The Balaban J connectivity index is -0.0000000821. The summed E-state index contributed by atoms with van der Waals surface area (Å²) < 4.78 is 9.56. The van der Waals surface area contributed by atoms with E-state index in [1.165, 1.54) is 18.7 Å². The minimum absolute atomic E-state index is 0.0926. The van der Waals surface area contributed by atoms with E-state index in [0.717, 1.165) is 0 Å². The van der Waals surface area contributed by atoms with Crippen molar-refractivity contribution in [1.29, 1.82) is 10.5 Å². The van der Waals surface area contributed by atoms with Gasteiger partial charge in [-0.15, -0.1) is 0 Å². The minimum atomic E-state index is -0.611. The summed E-state index contributed by atoms with van der Waals surface area (Å²) in [6.45, 7) is 8.60. The van der Waals surface area contributed by atoms with Gasteiger partial charge in [-0.05, 0) is 20.8 Å². The average Bonchev–Trinajstić information content (AvgIpc) is 2.17. The Bertz CT molecular complexity index is 316. The fourth-order valence-electron chi connectivity index (χ4n) is 0. The standard InChI is InChI=1S/C5H9N.C4H9NO.C2H3N.C2H6OS/c1-5(2,3)4-6;1-4(6)5(2)3;1-2-3;1-4(2)3/h2*1-3H3;1H3;1-2H3. The van der Waals surface area contributed by atoms with Gasteiger partial charge in [-0.3, -0.25) is 9.00 Å². The predicted molar refractivity (Wildman–Crippen MR) is 80.7 cm³/mol. The van der Waals surface area contributed by atoms with E-state index in [0.29, 0.717) is 0 Å². The number of amides is 1. The smallest absolute Gasteiger partial charge is 0.218 e. The second-order valence-electron chi connectivity index (χ2n) is 4.74. The molecule has 0 aromatic heterocycles. The van der Waals surface area contributed by atoms with E-state index < -0.39 is 10.8 Å². The number of carbonyl (C=O) groups is 1. The second kappa shape index (κ2) is 16.6. The molecular weight excluding hydrogens is 262 g/mol. The first kappa shape index (κ1) is 26.2. The molecule has 6 heteroatoms. The molecule has 0 heterocycles. The number of rotatable bonds is 0. The first-order chi connectivity index (χ1) is 8.35. The SMILES string of the molecule is CC#N.CC(=O)N(C)C.CC(C)(C)C#N.CS(C)=O. The molecule has 0 rings (SSSR count). The van der Waals surface area contributed by atoms with Gasteiger partial charge in [0.2, 0.25) is 5.91 Å². The van der Waals surface area contributed by atoms with Gasteiger partial charge in [0, 0.05) is 56.7 Å². The van der Waals surface area contributed by atoms with Crippen LogP contribution < -0.4 is 0 Å². The van der Waals surface area contributed by atoms with Crippen molar-refractivity contribution in [2.45, 2.75) is 34.6 Å². The molecule has 0 atom stereocenters. The number of carbonyl (C=O) groups excluding carboxylic acids is 1. The van der Waals surface area contributed by atoms with E-state index in [9.17, 15) is 9.00 Å². The molecule has 0 aromatic rings. The second-order valence-corrected chi connectivity index (χ2v) is 6.22. The van der Waals surface area contributed by atoms with Crippen molar-refractivity contribution in [2.24, 2.45) is 5.41 Å². The van der Waals surface area contributed by atoms with E-state index >= 15 is 0 Å². The first-order valence-electron chi connectivity index (χ1n) is 5.50. The van der Waals surface area contributed by atoms with E-state index in [1.54, 1.807) is 32.7 Å². The van der Waals surface area contributed by atoms with Crippen molar-refractivity contribution in [3.05, 3.63) is 0 Å². The van der Waals surface area contributed by atoms with Crippen LogP contribution in [0.2, 0.25) is 0 Å². The van der Waals surface area contributed by atoms with Gasteiger partial charge in [0.25, 0.3) is 0 Å². The maximum absolute atomic E-state index is 10.1. The zero-order valence-corrected chi connectivity index (χ0v) is 14.4. The number of hydrogen-bond acceptors (Lipinski definition) is 4. The molecular formula is C13H27N3O2S. The molecule has 0 fully saturated rings. The molecule has 0 radical (unpaired) electrons. The van der Waals surface area contributed by atoms with Crippen molar-refractivity contribution in [1.82, 2.24) is 4.90 Å². The Hall–Kier alpha value is -1.40. The van der Waals surface area contributed by atoms with Crippen LogP contribution in [-0.2, 0) is 15.6 Å². The molecule has 1 amide bonds. The van der Waals surface area contributed by atoms with Gasteiger partial charge in [0.05, 0.1) is 12.1 Å². The lowest BCUT2D eigenvalue weighted by Crippen LogP contribution is -2.17. The zero-order valence-electron chi connectivity index (χ0n) is 13.6. The summed E-state index contributed by atoms with van der Waals surface area (Å²) >= 11 is 0. The van der Waals surface area contributed by atoms with Gasteiger partial charge in [0.1, 0.15) is 0 Å². The molecule has 0 saturated carbocycles. The van der Waals surface area contributed by atoms with Crippen molar-refractivity contribution < 1.29 is 9.00 Å². The van der Waals surface area contributed by atoms with E-state index in [-0.39, 0.29) is 11.3 Å². The van der Waals surface area contributed by atoms with Crippen LogP contribution in [0.1, 0.15) is 34.6 Å². The van der Waals surface area contributed by atoms with Crippen LogP contribution in [0.3, 0.4) is 0 Å². The summed E-state index contributed by atoms with van der Waals surface area (Å²) in [5.74, 6) is 0.0926. The van der Waals surface area contributed by atoms with Crippen LogP contribution in [0.15, 0.2) is 0 Å². The molecule has 0 N–H and O–H groups in total. The summed E-state index contributed by atoms with van der Waals surface area (Å²) in [5.41, 5.74) is -0.153. The lowest BCUT2D eigenvalue weighted by Gasteiger charge is -2.02. The van der Waals surface area contributed by atoms with Crippen molar-refractivity contribution in [3.8, 4) is 12.1 Å². The minimum Gasteiger partial charge on any atom is -0.349 e. The lowest BCUT2D eigenvalue weighted by atomic mass is 10.0. The molecule has 0 aliphatic carbocycles. The van der Waals surface area contributed by atoms with Crippen LogP contribution in [0.5, 0.6) is 0 Å². The van der Waals surface area contributed by atoms with Crippen LogP contribution in [0.4, 0.5) is 0 Å². The quantitative estimate of drug-likeness (QED) is 0.684. The highest BCUT2D eigenvalue weighted by molar-refractivity contribution is 7.83. The summed E-state index contributed by atoms with van der Waals surface area (Å²) in [5, 5.41) is 15.5. The van der Waals surface area contributed by atoms with Gasteiger partial charge >= 0.3 is 0 Å². The maximum Gasteiger partial charge on any atom is 0.218 e. The van der Waals surface area contributed by atoms with Crippen molar-refractivity contribution in [3.63, 3.8) is 0 Å². The lowest BCUT2D eigenvalue weighted by molar-refractivity contribution is -0.126. The number of nitrogens with zero attached hydrogens (tertiary/aromatic N) is 3. The first-order valence-corrected chi connectivity index (χ1v) is 7.47. The molecule has 5 nitrogen and oxygen atoms in total. The Labute approximate surface area is 120 Å². The van der Waals surface area contributed by atoms with Crippen LogP contribution in [-0.4, -0.2) is 41.6 Å². The molecule has 0 aliphatic heterocycles. The third-order valence-corrected chi connectivity index (χ3v) is 0.965. The van der Waals surface area contributed by atoms with Gasteiger partial charge in [-0.2, -0.15) is 10.5 Å². The third kappa shape index (κ3) is 113. The van der Waals surface area contributed by atoms with E-state index in [1.807, 2.05) is 20.8 Å². The fraction of sp³-hybridized carbons (Fsp3) is 0.769. The predicted octanol–water partition coefficient (Wildman–Crippen LogP) is 2.18. The summed E-state index contributed by atoms with van der Waals surface area (Å²) in [7, 11) is 2.84. The molecule has 0 aromatic carbocycles. The van der Waals surface area contributed by atoms with Gasteiger partial charge < -0.3 is 4.90 Å². The zero-order chi connectivity index (χ0) is 16.6. The Morgan fingerprint density at radius 3 is 1.26 bits per heavy atom. The van der Waals surface area contributed by atoms with Crippen LogP contribution >= 0.6 is 0 Å². The Kier molecular flexibility index (Phi) is 22.9. The Morgan fingerprint density at radius 1 is 1.16 bits per heavy atom. The molecule has 112 valence electrons. The third-order valence-electron chi connectivity index (χ3n) is 0.965. The highest BCUT2D eigenvalue weighted by atomic mass is 32.2. The van der Waals surface area contributed by atoms with Crippen LogP contribution in [0.25, 0.3) is 0 Å². The number of nitriles is 2. The van der Waals surface area contributed by atoms with E-state index in [4.69, 9.17) is 10.5 Å². The highest BCUT2D eigenvalue weighted by Crippen LogP contribution is 2.08. The van der Waals surface area contributed by atoms with Gasteiger partial charge in [-0.1, -0.05) is 0 Å². The topological polar surface area (TPSA) is 85.0 Å². The highest BCUT2D eigenvalue weighted by Gasteiger charge is 2.04. The average molecular weight is 289 g/mol. The maximum atomic E-state index is 10.1. The fourth-order valence-corrected chi connectivity index (χ4v) is 0. The summed E-state index contributed by atoms with van der Waals surface area (Å²) in [6.07, 6.45) is 3.28. The largest absolute Gasteiger partial charge is 0.349 e. The molecule has 0 spiro atoms. The van der Waals surface area contributed by atoms with Crippen LogP contribution in [0, 0.1) is 28.1 Å². The molecule has 19 heavy (non-hydrogen) atoms. The molecule has 0 bridgehead atoms. The summed E-state index contributed by atoms with van der Waals surface area (Å²) in [6, 6.07) is 3.85. The monoisotopic (exact) mass is 289 g/mol. The van der Waals surface area contributed by atoms with E-state index in [2.05, 4.69) is 6.07 Å². The molecule has 0 saturated heterocycles. The normalized spacial score (nSPS) is 8.00. The van der Waals surface area contributed by atoms with Gasteiger partial charge in [-0.25, -0.2) is 0 Å². The van der Waals surface area contributed by atoms with Crippen molar-refractivity contribution in [2.75, 3.05) is 26.6 Å². The Morgan fingerprint density at radius 2 is 1.26 bits per heavy atom.